The van der Waals surface area contributed by atoms with E-state index in [9.17, 15) is 13.2 Å². The third kappa shape index (κ3) is 7.34. The Hall–Kier alpha value is -0.590. The van der Waals surface area contributed by atoms with Crippen LogP contribution in [0, 0.1) is 0 Å². The third-order valence-electron chi connectivity index (χ3n) is 4.93. The Bertz CT molecular complexity index is 637. The molecule has 5 nitrogen and oxygen atoms in total. The number of hydrogen-bond acceptors (Lipinski definition) is 4. The van der Waals surface area contributed by atoms with Gasteiger partial charge in [-0.1, -0.05) is 0 Å². The van der Waals surface area contributed by atoms with Gasteiger partial charge in [0.15, 0.2) is 5.96 Å². The van der Waals surface area contributed by atoms with E-state index >= 15 is 0 Å². The summed E-state index contributed by atoms with van der Waals surface area (Å²) < 4.78 is 37.6. The van der Waals surface area contributed by atoms with Crippen molar-refractivity contribution in [1.82, 2.24) is 20.4 Å². The van der Waals surface area contributed by atoms with E-state index < -0.39 is 12.7 Å². The van der Waals surface area contributed by atoms with Crippen LogP contribution in [0.4, 0.5) is 13.2 Å². The number of aliphatic imine (C=N–C) groups is 1. The minimum absolute atomic E-state index is 0. The number of halogens is 4. The van der Waals surface area contributed by atoms with E-state index in [0.717, 1.165) is 32.6 Å². The van der Waals surface area contributed by atoms with Crippen LogP contribution >= 0.6 is 35.3 Å². The van der Waals surface area contributed by atoms with Gasteiger partial charge in [0.05, 0.1) is 13.1 Å². The van der Waals surface area contributed by atoms with Crippen LogP contribution in [0.1, 0.15) is 23.8 Å². The van der Waals surface area contributed by atoms with Crippen molar-refractivity contribution in [3.63, 3.8) is 0 Å². The van der Waals surface area contributed by atoms with Crippen LogP contribution < -0.4 is 10.6 Å². The molecule has 0 aromatic carbocycles. The fourth-order valence-electron chi connectivity index (χ4n) is 3.66. The van der Waals surface area contributed by atoms with Crippen LogP contribution in [0.15, 0.2) is 16.4 Å². The number of alkyl halides is 3. The number of rotatable bonds is 6. The second kappa shape index (κ2) is 11.0. The van der Waals surface area contributed by atoms with E-state index in [1.807, 2.05) is 18.3 Å². The summed E-state index contributed by atoms with van der Waals surface area (Å²) in [5, 5.41) is 8.65. The molecular weight excluding hydrogens is 502 g/mol. The molecular formula is C18H29F3IN5S. The van der Waals surface area contributed by atoms with Gasteiger partial charge in [0.2, 0.25) is 0 Å². The van der Waals surface area contributed by atoms with Gasteiger partial charge < -0.3 is 10.6 Å². The molecule has 0 aliphatic carbocycles. The predicted octanol–water partition coefficient (Wildman–Crippen LogP) is 2.92. The molecule has 10 heteroatoms. The van der Waals surface area contributed by atoms with Gasteiger partial charge in [-0.15, -0.1) is 35.3 Å². The summed E-state index contributed by atoms with van der Waals surface area (Å²) in [5.74, 6) is 0.699. The number of fused-ring (bicyclic) bond motifs is 1. The second-order valence-electron chi connectivity index (χ2n) is 7.14. The first-order chi connectivity index (χ1) is 12.9. The van der Waals surface area contributed by atoms with Crippen molar-refractivity contribution in [2.45, 2.75) is 38.5 Å². The van der Waals surface area contributed by atoms with E-state index in [2.05, 4.69) is 32.0 Å². The Balaban J connectivity index is 0.00000280. The van der Waals surface area contributed by atoms with Crippen molar-refractivity contribution in [3.8, 4) is 0 Å². The summed E-state index contributed by atoms with van der Waals surface area (Å²) >= 11 is 1.84. The zero-order chi connectivity index (χ0) is 19.3. The molecule has 1 fully saturated rings. The molecule has 1 aromatic heterocycles. The molecule has 160 valence electrons. The first kappa shape index (κ1) is 23.7. The second-order valence-corrected chi connectivity index (χ2v) is 8.14. The molecule has 3 heterocycles. The van der Waals surface area contributed by atoms with Crippen molar-refractivity contribution in [2.75, 3.05) is 45.8 Å². The summed E-state index contributed by atoms with van der Waals surface area (Å²) in [6.07, 6.45) is -2.33. The fourth-order valence-corrected chi connectivity index (χ4v) is 4.55. The lowest BCUT2D eigenvalue weighted by Gasteiger charge is -2.26. The molecule has 0 amide bonds. The Labute approximate surface area is 185 Å². The van der Waals surface area contributed by atoms with Crippen LogP contribution in [0.2, 0.25) is 0 Å². The van der Waals surface area contributed by atoms with E-state index in [4.69, 9.17) is 0 Å². The molecule has 2 aliphatic rings. The smallest absolute Gasteiger partial charge is 0.357 e. The summed E-state index contributed by atoms with van der Waals surface area (Å²) in [6.45, 7) is 6.35. The number of guanidine groups is 1. The zero-order valence-corrected chi connectivity index (χ0v) is 19.2. The lowest BCUT2D eigenvalue weighted by Crippen LogP contribution is -2.45. The van der Waals surface area contributed by atoms with E-state index in [1.165, 1.54) is 15.3 Å². The third-order valence-corrected chi connectivity index (χ3v) is 5.96. The number of nitrogens with one attached hydrogen (secondary N) is 2. The number of nitrogens with zero attached hydrogens (tertiary/aromatic N) is 3. The fraction of sp³-hybridized carbons (Fsp3) is 0.722. The molecule has 0 bridgehead atoms. The maximum absolute atomic E-state index is 12.5. The van der Waals surface area contributed by atoms with E-state index in [0.29, 0.717) is 32.0 Å². The molecule has 0 spiro atoms. The molecule has 1 unspecified atom stereocenters. The Kier molecular flexibility index (Phi) is 9.29. The first-order valence-corrected chi connectivity index (χ1v) is 10.4. The summed E-state index contributed by atoms with van der Waals surface area (Å²) in [4.78, 5) is 9.98. The highest BCUT2D eigenvalue weighted by Crippen LogP contribution is 2.23. The molecule has 2 aliphatic heterocycles. The average Bonchev–Trinajstić information content (AvgIpc) is 3.22. The normalized spacial score (nSPS) is 21.3. The minimum atomic E-state index is -4.13. The SMILES string of the molecule is CCNC(=NCCN1CCc2sccc2C1)NC1CCN(CC(F)(F)F)C1.I. The Morgan fingerprint density at radius 3 is 2.89 bits per heavy atom. The van der Waals surface area contributed by atoms with Gasteiger partial charge in [-0.2, -0.15) is 13.2 Å². The maximum atomic E-state index is 12.5. The molecule has 28 heavy (non-hydrogen) atoms. The van der Waals surface area contributed by atoms with Crippen LogP contribution in [0.5, 0.6) is 0 Å². The monoisotopic (exact) mass is 531 g/mol. The largest absolute Gasteiger partial charge is 0.401 e. The minimum Gasteiger partial charge on any atom is -0.357 e. The van der Waals surface area contributed by atoms with Gasteiger partial charge in [-0.3, -0.25) is 14.8 Å². The number of thiophene rings is 1. The first-order valence-electron chi connectivity index (χ1n) is 9.54. The average molecular weight is 531 g/mol. The quantitative estimate of drug-likeness (QED) is 0.337. The van der Waals surface area contributed by atoms with Gasteiger partial charge in [-0.25, -0.2) is 0 Å². The highest BCUT2D eigenvalue weighted by molar-refractivity contribution is 14.0. The van der Waals surface area contributed by atoms with E-state index in [-0.39, 0.29) is 30.0 Å². The summed E-state index contributed by atoms with van der Waals surface area (Å²) in [5.41, 5.74) is 1.43. The Morgan fingerprint density at radius 1 is 1.32 bits per heavy atom. The zero-order valence-electron chi connectivity index (χ0n) is 16.1. The lowest BCUT2D eigenvalue weighted by atomic mass is 10.1. The van der Waals surface area contributed by atoms with Crippen LogP contribution in [0.25, 0.3) is 0 Å². The topological polar surface area (TPSA) is 42.9 Å². The van der Waals surface area contributed by atoms with Crippen LogP contribution in [-0.2, 0) is 13.0 Å². The van der Waals surface area contributed by atoms with Crippen LogP contribution in [-0.4, -0.2) is 73.8 Å². The molecule has 2 N–H and O–H groups in total. The molecule has 3 rings (SSSR count). The molecule has 1 aromatic rings. The van der Waals surface area contributed by atoms with Crippen molar-refractivity contribution >= 4 is 41.3 Å². The summed E-state index contributed by atoms with van der Waals surface area (Å²) in [7, 11) is 0. The summed E-state index contributed by atoms with van der Waals surface area (Å²) in [6, 6.07) is 2.21. The highest BCUT2D eigenvalue weighted by atomic mass is 127. The maximum Gasteiger partial charge on any atom is 0.401 e. The molecule has 1 saturated heterocycles. The number of likely N-dealkylation sites (tertiary alicyclic amines) is 1. The van der Waals surface area contributed by atoms with Crippen LogP contribution in [0.3, 0.4) is 0 Å². The van der Waals surface area contributed by atoms with Gasteiger partial charge in [0.1, 0.15) is 0 Å². The standard InChI is InChI=1S/C18H28F3N5S.HI/c1-2-22-17(24-15-3-7-26(12-15)13-18(19,20)21)23-6-9-25-8-4-16-14(11-25)5-10-27-16;/h5,10,15H,2-4,6-9,11-13H2,1H3,(H2,22,23,24);1H. The Morgan fingerprint density at radius 2 is 2.14 bits per heavy atom. The van der Waals surface area contributed by atoms with Gasteiger partial charge in [0.25, 0.3) is 0 Å². The van der Waals surface area contributed by atoms with Crippen molar-refractivity contribution in [1.29, 1.82) is 0 Å². The number of hydrogen-bond donors (Lipinski definition) is 2. The molecule has 0 saturated carbocycles. The lowest BCUT2D eigenvalue weighted by molar-refractivity contribution is -0.143. The van der Waals surface area contributed by atoms with Crippen molar-refractivity contribution in [3.05, 3.63) is 21.9 Å². The van der Waals surface area contributed by atoms with Gasteiger partial charge in [0, 0.05) is 50.2 Å². The van der Waals surface area contributed by atoms with Crippen molar-refractivity contribution in [2.24, 2.45) is 4.99 Å². The molecule has 0 radical (unpaired) electrons. The van der Waals surface area contributed by atoms with Gasteiger partial charge in [-0.05, 0) is 36.8 Å². The van der Waals surface area contributed by atoms with Crippen molar-refractivity contribution < 1.29 is 13.2 Å². The molecule has 1 atom stereocenters. The van der Waals surface area contributed by atoms with Gasteiger partial charge >= 0.3 is 6.18 Å². The highest BCUT2D eigenvalue weighted by Gasteiger charge is 2.34. The predicted molar refractivity (Wildman–Crippen MR) is 119 cm³/mol. The van der Waals surface area contributed by atoms with E-state index in [1.54, 1.807) is 0 Å².